The third kappa shape index (κ3) is 3.74. The van der Waals surface area contributed by atoms with E-state index in [2.05, 4.69) is 4.98 Å². The number of nitro benzene ring substituents is 1. The molecule has 7 nitrogen and oxygen atoms in total. The van der Waals surface area contributed by atoms with E-state index in [1.807, 2.05) is 6.07 Å². The smallest absolute Gasteiger partial charge is 0.272 e. The van der Waals surface area contributed by atoms with Crippen LogP contribution in [0.4, 0.5) is 11.4 Å². The number of benzene rings is 2. The predicted octanol–water partition coefficient (Wildman–Crippen LogP) is 5.29. The van der Waals surface area contributed by atoms with E-state index in [-0.39, 0.29) is 27.4 Å². The van der Waals surface area contributed by atoms with Crippen molar-refractivity contribution in [3.63, 3.8) is 0 Å². The van der Waals surface area contributed by atoms with Gasteiger partial charge in [0.15, 0.2) is 5.75 Å². The van der Waals surface area contributed by atoms with Gasteiger partial charge in [-0.3, -0.25) is 19.9 Å². The normalized spacial score (nSPS) is 13.2. The monoisotopic (exact) mass is 429 g/mol. The molecule has 0 fully saturated rings. The molecule has 1 aliphatic rings. The van der Waals surface area contributed by atoms with Crippen LogP contribution in [0.1, 0.15) is 15.9 Å². The Bertz CT molecular complexity index is 1100. The van der Waals surface area contributed by atoms with Gasteiger partial charge in [-0.05, 0) is 42.3 Å². The highest BCUT2D eigenvalue weighted by Gasteiger charge is 2.26. The molecule has 0 unspecified atom stereocenters. The molecule has 0 spiro atoms. The van der Waals surface area contributed by atoms with Gasteiger partial charge < -0.3 is 9.64 Å². The molecule has 0 saturated carbocycles. The van der Waals surface area contributed by atoms with Gasteiger partial charge in [0.05, 0.1) is 26.9 Å². The minimum absolute atomic E-state index is 0.0285. The Balaban J connectivity index is 1.61. The highest BCUT2D eigenvalue weighted by Crippen LogP contribution is 2.40. The van der Waals surface area contributed by atoms with E-state index in [9.17, 15) is 14.9 Å². The van der Waals surface area contributed by atoms with Crippen molar-refractivity contribution in [1.82, 2.24) is 4.98 Å². The van der Waals surface area contributed by atoms with Gasteiger partial charge >= 0.3 is 0 Å². The topological polar surface area (TPSA) is 85.6 Å². The number of non-ortho nitro benzene ring substituents is 1. The minimum Gasteiger partial charge on any atom is -0.454 e. The van der Waals surface area contributed by atoms with Crippen LogP contribution < -0.4 is 9.64 Å². The number of hydrogen-bond donors (Lipinski definition) is 0. The Morgan fingerprint density at radius 1 is 1.14 bits per heavy atom. The summed E-state index contributed by atoms with van der Waals surface area (Å²) in [6.45, 7) is 0.514. The molecule has 0 radical (unpaired) electrons. The van der Waals surface area contributed by atoms with Crippen LogP contribution in [0.5, 0.6) is 11.5 Å². The third-order valence-electron chi connectivity index (χ3n) is 4.53. The van der Waals surface area contributed by atoms with E-state index in [4.69, 9.17) is 27.9 Å². The highest BCUT2D eigenvalue weighted by atomic mass is 35.5. The van der Waals surface area contributed by atoms with Crippen LogP contribution in [0.2, 0.25) is 10.0 Å². The number of carbonyl (C=O) groups is 1. The molecule has 0 saturated heterocycles. The molecule has 0 N–H and O–H groups in total. The van der Waals surface area contributed by atoms with E-state index in [0.717, 1.165) is 11.3 Å². The second kappa shape index (κ2) is 7.69. The molecule has 29 heavy (non-hydrogen) atoms. The van der Waals surface area contributed by atoms with Gasteiger partial charge in [-0.2, -0.15) is 0 Å². The second-order valence-electron chi connectivity index (χ2n) is 6.33. The fourth-order valence-electron chi connectivity index (χ4n) is 3.16. The molecule has 1 aromatic heterocycles. The van der Waals surface area contributed by atoms with E-state index < -0.39 is 4.92 Å². The Morgan fingerprint density at radius 2 is 1.90 bits per heavy atom. The first-order valence-electron chi connectivity index (χ1n) is 8.60. The summed E-state index contributed by atoms with van der Waals surface area (Å²) in [5.74, 6) is 0.444. The SMILES string of the molecule is O=C1c2ccc(Oc3c(Cl)cc([N+](=O)[O-])cc3Cl)cc2CCN1c1cccnc1. The lowest BCUT2D eigenvalue weighted by atomic mass is 9.98. The molecule has 1 aliphatic heterocycles. The number of rotatable bonds is 4. The van der Waals surface area contributed by atoms with Gasteiger partial charge in [-0.1, -0.05) is 23.2 Å². The number of anilines is 1. The van der Waals surface area contributed by atoms with E-state index >= 15 is 0 Å². The van der Waals surface area contributed by atoms with Crippen LogP contribution in [-0.2, 0) is 6.42 Å². The number of hydrogen-bond acceptors (Lipinski definition) is 5. The summed E-state index contributed by atoms with van der Waals surface area (Å²) in [6, 6.07) is 11.0. The van der Waals surface area contributed by atoms with Crippen LogP contribution >= 0.6 is 23.2 Å². The van der Waals surface area contributed by atoms with Crippen LogP contribution in [0.3, 0.4) is 0 Å². The van der Waals surface area contributed by atoms with Gasteiger partial charge in [-0.15, -0.1) is 0 Å². The lowest BCUT2D eigenvalue weighted by molar-refractivity contribution is -0.384. The van der Waals surface area contributed by atoms with Crippen molar-refractivity contribution in [1.29, 1.82) is 0 Å². The number of aromatic nitrogens is 1. The lowest BCUT2D eigenvalue weighted by Crippen LogP contribution is -2.37. The number of halogens is 2. The van der Waals surface area contributed by atoms with Gasteiger partial charge in [0, 0.05) is 30.4 Å². The zero-order valence-corrected chi connectivity index (χ0v) is 16.4. The quantitative estimate of drug-likeness (QED) is 0.415. The van der Waals surface area contributed by atoms with Crippen molar-refractivity contribution in [3.8, 4) is 11.5 Å². The van der Waals surface area contributed by atoms with Crippen LogP contribution in [0, 0.1) is 10.1 Å². The first kappa shape index (κ1) is 19.2. The molecular formula is C20H13Cl2N3O4. The van der Waals surface area contributed by atoms with Gasteiger partial charge in [0.25, 0.3) is 11.6 Å². The number of nitrogens with zero attached hydrogens (tertiary/aromatic N) is 3. The van der Waals surface area contributed by atoms with Crippen molar-refractivity contribution in [2.45, 2.75) is 6.42 Å². The Hall–Kier alpha value is -3.16. The molecule has 0 bridgehead atoms. The molecule has 2 aromatic carbocycles. The Labute approximate surface area is 175 Å². The molecule has 0 atom stereocenters. The first-order valence-corrected chi connectivity index (χ1v) is 9.36. The number of fused-ring (bicyclic) bond motifs is 1. The van der Waals surface area contributed by atoms with Crippen LogP contribution in [0.15, 0.2) is 54.9 Å². The minimum atomic E-state index is -0.583. The maximum absolute atomic E-state index is 12.8. The summed E-state index contributed by atoms with van der Waals surface area (Å²) >= 11 is 12.2. The predicted molar refractivity (Wildman–Crippen MR) is 109 cm³/mol. The number of carbonyl (C=O) groups excluding carboxylic acids is 1. The summed E-state index contributed by atoms with van der Waals surface area (Å²) in [6.07, 6.45) is 3.94. The fourth-order valence-corrected chi connectivity index (χ4v) is 3.71. The van der Waals surface area contributed by atoms with Gasteiger partial charge in [0.1, 0.15) is 5.75 Å². The van der Waals surface area contributed by atoms with E-state index in [0.29, 0.717) is 24.3 Å². The Kier molecular flexibility index (Phi) is 5.08. The largest absolute Gasteiger partial charge is 0.454 e. The van der Waals surface area contributed by atoms with Crippen molar-refractivity contribution in [3.05, 3.63) is 86.1 Å². The summed E-state index contributed by atoms with van der Waals surface area (Å²) in [5, 5.41) is 11.0. The van der Waals surface area contributed by atoms with Crippen LogP contribution in [0.25, 0.3) is 0 Å². The fraction of sp³-hybridized carbons (Fsp3) is 0.100. The number of pyridine rings is 1. The molecule has 9 heteroatoms. The molecule has 1 amide bonds. The molecular weight excluding hydrogens is 417 g/mol. The number of amides is 1. The van der Waals surface area contributed by atoms with Crippen molar-refractivity contribution in [2.24, 2.45) is 0 Å². The zero-order chi connectivity index (χ0) is 20.5. The first-order chi connectivity index (χ1) is 13.9. The van der Waals surface area contributed by atoms with E-state index in [1.165, 1.54) is 12.1 Å². The molecule has 146 valence electrons. The molecule has 3 aromatic rings. The summed E-state index contributed by atoms with van der Waals surface area (Å²) in [7, 11) is 0. The highest BCUT2D eigenvalue weighted by molar-refractivity contribution is 6.37. The van der Waals surface area contributed by atoms with Crippen molar-refractivity contribution in [2.75, 3.05) is 11.4 Å². The van der Waals surface area contributed by atoms with Gasteiger partial charge in [-0.25, -0.2) is 0 Å². The summed E-state index contributed by atoms with van der Waals surface area (Å²) in [4.78, 5) is 28.9. The average Bonchev–Trinajstić information content (AvgIpc) is 2.71. The summed E-state index contributed by atoms with van der Waals surface area (Å²) < 4.78 is 5.77. The maximum Gasteiger partial charge on any atom is 0.272 e. The number of ether oxygens (including phenoxy) is 1. The second-order valence-corrected chi connectivity index (χ2v) is 7.15. The summed E-state index contributed by atoms with van der Waals surface area (Å²) in [5.41, 5.74) is 1.93. The van der Waals surface area contributed by atoms with Crippen molar-refractivity contribution < 1.29 is 14.5 Å². The zero-order valence-electron chi connectivity index (χ0n) is 14.8. The maximum atomic E-state index is 12.8. The van der Waals surface area contributed by atoms with Gasteiger partial charge in [0.2, 0.25) is 0 Å². The van der Waals surface area contributed by atoms with Crippen molar-refractivity contribution >= 4 is 40.5 Å². The van der Waals surface area contributed by atoms with E-state index in [1.54, 1.807) is 41.6 Å². The molecule has 2 heterocycles. The average molecular weight is 430 g/mol. The molecule has 4 rings (SSSR count). The lowest BCUT2D eigenvalue weighted by Gasteiger charge is -2.28. The Morgan fingerprint density at radius 3 is 2.55 bits per heavy atom. The third-order valence-corrected chi connectivity index (χ3v) is 5.09. The number of nitro groups is 1. The van der Waals surface area contributed by atoms with Crippen LogP contribution in [-0.4, -0.2) is 22.4 Å². The standard InChI is InChI=1S/C20H13Cl2N3O4/c21-17-9-14(25(27)28)10-18(22)19(17)29-15-3-4-16-12(8-15)5-7-24(20(16)26)13-2-1-6-23-11-13/h1-4,6,8-11H,5,7H2. The molecule has 0 aliphatic carbocycles.